The van der Waals surface area contributed by atoms with Crippen LogP contribution in [0.1, 0.15) is 84.3 Å². The average molecular weight is 844 g/mol. The molecular weight excluding hydrogens is 788 g/mol. The van der Waals surface area contributed by atoms with Crippen molar-refractivity contribution < 1.29 is 64.0 Å². The van der Waals surface area contributed by atoms with Crippen LogP contribution in [-0.4, -0.2) is 108 Å². The summed E-state index contributed by atoms with van der Waals surface area (Å²) in [5, 5.41) is 5.85. The van der Waals surface area contributed by atoms with Crippen LogP contribution >= 0.6 is 0 Å². The van der Waals surface area contributed by atoms with E-state index in [1.165, 1.54) is 45.4 Å². The van der Waals surface area contributed by atoms with Crippen LogP contribution in [0.15, 0.2) is 36.5 Å². The molecule has 0 bridgehead atoms. The molecule has 2 aliphatic carbocycles. The van der Waals surface area contributed by atoms with Crippen molar-refractivity contribution in [3.8, 4) is 11.6 Å². The van der Waals surface area contributed by atoms with Crippen LogP contribution in [0.5, 0.6) is 11.6 Å². The number of hydrogen-bond acceptors (Lipinski definition) is 11. The van der Waals surface area contributed by atoms with Crippen LogP contribution in [0, 0.1) is 11.7 Å². The monoisotopic (exact) mass is 843 g/mol. The number of halogens is 3. The zero-order valence-electron chi connectivity index (χ0n) is 33.4. The van der Waals surface area contributed by atoms with Crippen molar-refractivity contribution in [2.75, 3.05) is 13.7 Å². The number of hydrogen-bond donors (Lipinski definition) is 3. The number of ether oxygens (including phenoxy) is 4. The molecule has 15 nitrogen and oxygen atoms in total. The molecule has 324 valence electrons. The van der Waals surface area contributed by atoms with Crippen molar-refractivity contribution in [2.45, 2.75) is 132 Å². The fraction of sp³-hybridized carbons (Fsp3) is 0.615. The summed E-state index contributed by atoms with van der Waals surface area (Å²) in [7, 11) is -2.68. The van der Waals surface area contributed by atoms with E-state index in [1.807, 2.05) is 0 Å². The van der Waals surface area contributed by atoms with Gasteiger partial charge in [0.05, 0.1) is 42.2 Å². The molecule has 4 amide bonds. The number of sulfonamides is 1. The van der Waals surface area contributed by atoms with Crippen LogP contribution in [0.2, 0.25) is 0 Å². The topological polar surface area (TPSA) is 192 Å². The average Bonchev–Trinajstić information content (AvgIpc) is 4.01. The molecule has 7 atom stereocenters. The van der Waals surface area contributed by atoms with Crippen LogP contribution in [-0.2, 0) is 33.9 Å². The second-order valence-corrected chi connectivity index (χ2v) is 18.7. The Morgan fingerprint density at radius 1 is 1.14 bits per heavy atom. The van der Waals surface area contributed by atoms with Gasteiger partial charge in [-0.1, -0.05) is 12.2 Å². The number of alkyl carbamates (subject to hydrolysis) is 1. The zero-order chi connectivity index (χ0) is 42.6. The Labute approximate surface area is 339 Å². The van der Waals surface area contributed by atoms with Crippen molar-refractivity contribution in [3.63, 3.8) is 0 Å². The molecule has 0 unspecified atom stereocenters. The first-order valence-electron chi connectivity index (χ1n) is 19.2. The standard InChI is InChI=1S/C39H50F3N5O10S.3H2/c1-21-10-8-9-11-23-18-39(23,34(50)46-58(52,53)37(5)14-15-37)45-31(48)28-17-25(56-32-27-16-24(40)12-13-26(27)29(54-7)19-43-32)20-47(28)33(49)30(22(2)55-21)44-35(51)57-36(3,4)38(6,41)42;;;/h9,11-13,16,19,21-23,25,28,30H,8,10,14-15,17-18,20H2,1-7H3,(H,44,51)(H,45,48)(H,46,50);3*1H/b11-9-;;;/t21-,22+,23-,25-,28+,30+,39-;;;/m1.../s1. The van der Waals surface area contributed by atoms with Gasteiger partial charge in [-0.3, -0.25) is 19.1 Å². The zero-order valence-corrected chi connectivity index (χ0v) is 34.2. The lowest BCUT2D eigenvalue weighted by Gasteiger charge is -2.35. The fourth-order valence-electron chi connectivity index (χ4n) is 7.16. The Kier molecular flexibility index (Phi) is 11.5. The van der Waals surface area contributed by atoms with Crippen molar-refractivity contribution in [3.05, 3.63) is 42.4 Å². The van der Waals surface area contributed by atoms with Gasteiger partial charge in [-0.15, -0.1) is 0 Å². The maximum absolute atomic E-state index is 14.7. The lowest BCUT2D eigenvalue weighted by atomic mass is 10.0. The number of pyridine rings is 1. The first kappa shape index (κ1) is 42.9. The van der Waals surface area contributed by atoms with Crippen molar-refractivity contribution in [1.82, 2.24) is 25.2 Å². The van der Waals surface area contributed by atoms with E-state index < -0.39 is 97.8 Å². The molecule has 19 heteroatoms. The molecule has 0 radical (unpaired) electrons. The smallest absolute Gasteiger partial charge is 0.408 e. The first-order valence-corrected chi connectivity index (χ1v) is 20.7. The van der Waals surface area contributed by atoms with Crippen molar-refractivity contribution in [2.24, 2.45) is 5.92 Å². The summed E-state index contributed by atoms with van der Waals surface area (Å²) < 4.78 is 93.5. The van der Waals surface area contributed by atoms with E-state index in [-0.39, 0.29) is 34.9 Å². The van der Waals surface area contributed by atoms with Gasteiger partial charge in [0.2, 0.25) is 27.7 Å². The highest BCUT2D eigenvalue weighted by Gasteiger charge is 2.63. The third-order valence-corrected chi connectivity index (χ3v) is 13.8. The van der Waals surface area contributed by atoms with Crippen LogP contribution in [0.25, 0.3) is 10.8 Å². The van der Waals surface area contributed by atoms with Crippen LogP contribution < -0.4 is 24.8 Å². The van der Waals surface area contributed by atoms with Gasteiger partial charge in [-0.05, 0) is 84.9 Å². The van der Waals surface area contributed by atoms with Crippen LogP contribution in [0.4, 0.5) is 18.0 Å². The van der Waals surface area contributed by atoms with Gasteiger partial charge in [0.25, 0.3) is 11.8 Å². The van der Waals surface area contributed by atoms with Crippen LogP contribution in [0.3, 0.4) is 0 Å². The number of fused-ring (bicyclic) bond motifs is 3. The second-order valence-electron chi connectivity index (χ2n) is 16.5. The van der Waals surface area contributed by atoms with E-state index in [9.17, 15) is 40.8 Å². The number of nitrogens with zero attached hydrogens (tertiary/aromatic N) is 2. The molecule has 4 aliphatic rings. The third kappa shape index (κ3) is 8.56. The molecule has 2 aromatic rings. The molecule has 2 saturated carbocycles. The number of benzene rings is 1. The summed E-state index contributed by atoms with van der Waals surface area (Å²) >= 11 is 0. The van der Waals surface area contributed by atoms with E-state index in [1.54, 1.807) is 19.1 Å². The van der Waals surface area contributed by atoms with Crippen molar-refractivity contribution in [1.29, 1.82) is 0 Å². The van der Waals surface area contributed by atoms with E-state index in [2.05, 4.69) is 20.3 Å². The molecule has 58 heavy (non-hydrogen) atoms. The van der Waals surface area contributed by atoms with Crippen molar-refractivity contribution >= 4 is 44.6 Å². The number of rotatable bonds is 9. The molecule has 3 fully saturated rings. The minimum absolute atomic E-state index is 0. The van der Waals surface area contributed by atoms with Gasteiger partial charge in [0.1, 0.15) is 35.3 Å². The Hall–Kier alpha value is -4.65. The number of carbonyl (C=O) groups excluding carboxylic acids is 4. The first-order chi connectivity index (χ1) is 27.0. The lowest BCUT2D eigenvalue weighted by molar-refractivity contribution is -0.153. The lowest BCUT2D eigenvalue weighted by Crippen LogP contribution is -2.60. The number of amides is 4. The van der Waals surface area contributed by atoms with Gasteiger partial charge >= 0.3 is 6.09 Å². The number of nitrogens with one attached hydrogen (secondary N) is 3. The SMILES string of the molecule is COc1cnc(O[C@@H]2C[C@H]3C(=O)N[C@]4(C(=O)NS(=O)(=O)C5(C)CC5)C[C@H]4/C=C\CC[C@@H](C)O[C@@H](C)[C@H](NC(=O)OC(C)(C)C(C)(F)F)C(=O)N3C2)c2cc(F)ccc12.[HH].[HH].[HH]. The summed E-state index contributed by atoms with van der Waals surface area (Å²) in [5.41, 5.74) is -3.97. The van der Waals surface area contributed by atoms with Gasteiger partial charge < -0.3 is 34.5 Å². The number of alkyl halides is 2. The number of aromatic nitrogens is 1. The van der Waals surface area contributed by atoms with Gasteiger partial charge in [0.15, 0.2) is 5.60 Å². The molecular formula is C39H56F3N5O10S. The molecule has 1 saturated heterocycles. The molecule has 3 heterocycles. The largest absolute Gasteiger partial charge is 0.494 e. The Morgan fingerprint density at radius 2 is 1.84 bits per heavy atom. The Balaban J connectivity index is 0.00000331. The highest BCUT2D eigenvalue weighted by atomic mass is 32.2. The van der Waals surface area contributed by atoms with Gasteiger partial charge in [0, 0.05) is 28.9 Å². The second kappa shape index (κ2) is 15.5. The summed E-state index contributed by atoms with van der Waals surface area (Å²) in [6, 6.07) is 0.930. The molecule has 6 rings (SSSR count). The van der Waals surface area contributed by atoms with E-state index in [0.29, 0.717) is 43.7 Å². The molecule has 2 aliphatic heterocycles. The molecule has 1 aromatic heterocycles. The Morgan fingerprint density at radius 3 is 2.50 bits per heavy atom. The minimum Gasteiger partial charge on any atom is -0.494 e. The number of allylic oxidation sites excluding steroid dienone is 1. The predicted octanol–water partition coefficient (Wildman–Crippen LogP) is 5.01. The van der Waals surface area contributed by atoms with Gasteiger partial charge in [-0.25, -0.2) is 31.4 Å². The third-order valence-electron chi connectivity index (χ3n) is 11.7. The number of methoxy groups -OCH3 is 1. The molecule has 1 aromatic carbocycles. The van der Waals surface area contributed by atoms with Gasteiger partial charge in [-0.2, -0.15) is 0 Å². The van der Waals surface area contributed by atoms with E-state index >= 15 is 0 Å². The molecule has 0 spiro atoms. The minimum atomic E-state index is -4.10. The summed E-state index contributed by atoms with van der Waals surface area (Å²) in [5.74, 6) is -6.98. The summed E-state index contributed by atoms with van der Waals surface area (Å²) in [6.07, 6.45) is 2.41. The highest BCUT2D eigenvalue weighted by molar-refractivity contribution is 7.91. The summed E-state index contributed by atoms with van der Waals surface area (Å²) in [4.78, 5) is 61.7. The predicted molar refractivity (Wildman–Crippen MR) is 209 cm³/mol. The van der Waals surface area contributed by atoms with E-state index in [0.717, 1.165) is 18.7 Å². The fourth-order valence-corrected chi connectivity index (χ4v) is 8.47. The Bertz CT molecular complexity index is 2130. The summed E-state index contributed by atoms with van der Waals surface area (Å²) in [6.45, 7) is 7.08. The quantitative estimate of drug-likeness (QED) is 0.288. The normalized spacial score (nSPS) is 29.4. The maximum Gasteiger partial charge on any atom is 0.408 e. The highest BCUT2D eigenvalue weighted by Crippen LogP contribution is 2.47. The number of carbonyl (C=O) groups is 4. The maximum atomic E-state index is 14.7. The molecule has 3 N–H and O–H groups in total. The van der Waals surface area contributed by atoms with E-state index in [4.69, 9.17) is 18.9 Å².